The van der Waals surface area contributed by atoms with Crippen molar-refractivity contribution in [2.45, 2.75) is 5.92 Å². The monoisotopic (exact) mass is 357 g/mol. The number of benzene rings is 2. The van der Waals surface area contributed by atoms with Crippen LogP contribution in [0.1, 0.15) is 21.3 Å². The molecule has 3 aromatic rings. The van der Waals surface area contributed by atoms with E-state index in [1.165, 1.54) is 23.5 Å². The zero-order chi connectivity index (χ0) is 17.3. The molecule has 1 aromatic heterocycles. The van der Waals surface area contributed by atoms with Crippen LogP contribution in [0.4, 0.5) is 5.69 Å². The van der Waals surface area contributed by atoms with Crippen molar-refractivity contribution in [2.24, 2.45) is 0 Å². The second-order valence-electron chi connectivity index (χ2n) is 4.87. The third-order valence-electron chi connectivity index (χ3n) is 3.38. The molecule has 8 heteroatoms. The number of carbonyl (C=O) groups excluding carboxylic acids is 1. The van der Waals surface area contributed by atoms with Crippen LogP contribution in [0.2, 0.25) is 5.02 Å². The number of nitrogens with zero attached hydrogens (tertiary/aromatic N) is 3. The smallest absolute Gasteiger partial charge is 0.288 e. The standard InChI is InChI=1S/C16H8ClN3O3S/c17-11-6-5-9(7-13(11)20(22)23)15(21)10(8-18)16-19-12-3-1-2-4-14(12)24-16/h1-7,10H/t10-/m0/s1. The summed E-state index contributed by atoms with van der Waals surface area (Å²) < 4.78 is 0.864. The first-order valence-corrected chi connectivity index (χ1v) is 7.94. The van der Waals surface area contributed by atoms with Gasteiger partial charge in [0.2, 0.25) is 0 Å². The van der Waals surface area contributed by atoms with Gasteiger partial charge in [-0.3, -0.25) is 14.9 Å². The van der Waals surface area contributed by atoms with E-state index in [2.05, 4.69) is 4.98 Å². The molecule has 0 spiro atoms. The highest BCUT2D eigenvalue weighted by molar-refractivity contribution is 7.18. The lowest BCUT2D eigenvalue weighted by Crippen LogP contribution is -2.11. The predicted octanol–water partition coefficient (Wildman–Crippen LogP) is 4.35. The number of nitro groups is 1. The Bertz CT molecular complexity index is 976. The SMILES string of the molecule is N#C[C@@H](C(=O)c1ccc(Cl)c([N+](=O)[O-])c1)c1nc2ccccc2s1. The van der Waals surface area contributed by atoms with Crippen molar-refractivity contribution in [3.05, 3.63) is 68.2 Å². The summed E-state index contributed by atoms with van der Waals surface area (Å²) in [5.41, 5.74) is 0.382. The minimum atomic E-state index is -1.12. The zero-order valence-electron chi connectivity index (χ0n) is 12.0. The van der Waals surface area contributed by atoms with Gasteiger partial charge < -0.3 is 0 Å². The van der Waals surface area contributed by atoms with Gasteiger partial charge in [-0.2, -0.15) is 5.26 Å². The summed E-state index contributed by atoms with van der Waals surface area (Å²) in [7, 11) is 0. The number of halogens is 1. The van der Waals surface area contributed by atoms with E-state index in [1.807, 2.05) is 24.3 Å². The summed E-state index contributed by atoms with van der Waals surface area (Å²) >= 11 is 7.00. The van der Waals surface area contributed by atoms with Crippen molar-refractivity contribution in [3.8, 4) is 6.07 Å². The first-order valence-electron chi connectivity index (χ1n) is 6.74. The Morgan fingerprint density at radius 1 is 1.33 bits per heavy atom. The van der Waals surface area contributed by atoms with Crippen molar-refractivity contribution < 1.29 is 9.72 Å². The molecule has 1 heterocycles. The molecule has 0 aliphatic rings. The molecule has 2 aromatic carbocycles. The molecular weight excluding hydrogens is 350 g/mol. The Morgan fingerprint density at radius 2 is 2.08 bits per heavy atom. The summed E-state index contributed by atoms with van der Waals surface area (Å²) in [4.78, 5) is 27.2. The van der Waals surface area contributed by atoms with Gasteiger partial charge in [0.25, 0.3) is 5.69 Å². The van der Waals surface area contributed by atoms with E-state index < -0.39 is 16.6 Å². The Labute approximate surface area is 145 Å². The van der Waals surface area contributed by atoms with Gasteiger partial charge in [-0.1, -0.05) is 23.7 Å². The lowest BCUT2D eigenvalue weighted by molar-refractivity contribution is -0.384. The molecule has 1 atom stereocenters. The van der Waals surface area contributed by atoms with Crippen LogP contribution in [0.25, 0.3) is 10.2 Å². The minimum Gasteiger partial charge on any atom is -0.292 e. The van der Waals surface area contributed by atoms with Crippen molar-refractivity contribution >= 4 is 44.6 Å². The molecular formula is C16H8ClN3O3S. The van der Waals surface area contributed by atoms with Crippen molar-refractivity contribution in [1.29, 1.82) is 5.26 Å². The maximum absolute atomic E-state index is 12.6. The molecule has 0 aliphatic carbocycles. The summed E-state index contributed by atoms with van der Waals surface area (Å²) in [6.45, 7) is 0. The Morgan fingerprint density at radius 3 is 2.75 bits per heavy atom. The van der Waals surface area contributed by atoms with E-state index in [4.69, 9.17) is 11.6 Å². The lowest BCUT2D eigenvalue weighted by atomic mass is 9.99. The zero-order valence-corrected chi connectivity index (χ0v) is 13.5. The van der Waals surface area contributed by atoms with Gasteiger partial charge in [-0.05, 0) is 24.3 Å². The van der Waals surface area contributed by atoms with E-state index in [-0.39, 0.29) is 16.3 Å². The fraction of sp³-hybridized carbons (Fsp3) is 0.0625. The molecule has 0 unspecified atom stereocenters. The molecule has 3 rings (SSSR count). The first-order chi connectivity index (χ1) is 11.5. The van der Waals surface area contributed by atoms with Crippen LogP contribution in [0.15, 0.2) is 42.5 Å². The molecule has 0 fully saturated rings. The number of carbonyl (C=O) groups is 1. The average Bonchev–Trinajstić information content (AvgIpc) is 2.99. The fourth-order valence-corrected chi connectivity index (χ4v) is 3.41. The highest BCUT2D eigenvalue weighted by Crippen LogP contribution is 2.31. The van der Waals surface area contributed by atoms with Crippen LogP contribution in [0.5, 0.6) is 0 Å². The van der Waals surface area contributed by atoms with Crippen LogP contribution < -0.4 is 0 Å². The maximum atomic E-state index is 12.6. The van der Waals surface area contributed by atoms with Gasteiger partial charge in [-0.25, -0.2) is 4.98 Å². The summed E-state index contributed by atoms with van der Waals surface area (Å²) in [6, 6.07) is 13.0. The number of hydrogen-bond donors (Lipinski definition) is 0. The van der Waals surface area contributed by atoms with E-state index in [9.17, 15) is 20.2 Å². The van der Waals surface area contributed by atoms with Gasteiger partial charge >= 0.3 is 0 Å². The predicted molar refractivity (Wildman–Crippen MR) is 90.4 cm³/mol. The second kappa shape index (κ2) is 6.35. The fourth-order valence-electron chi connectivity index (χ4n) is 2.21. The van der Waals surface area contributed by atoms with Gasteiger partial charge in [-0.15, -0.1) is 11.3 Å². The van der Waals surface area contributed by atoms with E-state index in [0.29, 0.717) is 10.5 Å². The van der Waals surface area contributed by atoms with Crippen LogP contribution in [-0.4, -0.2) is 15.7 Å². The number of hydrogen-bond acceptors (Lipinski definition) is 6. The molecule has 0 bridgehead atoms. The topological polar surface area (TPSA) is 96.9 Å². The quantitative estimate of drug-likeness (QED) is 0.393. The minimum absolute atomic E-state index is 0.0527. The highest BCUT2D eigenvalue weighted by atomic mass is 35.5. The van der Waals surface area contributed by atoms with Gasteiger partial charge in [0, 0.05) is 11.6 Å². The van der Waals surface area contributed by atoms with E-state index >= 15 is 0 Å². The molecule has 0 saturated heterocycles. The molecule has 0 saturated carbocycles. The Balaban J connectivity index is 2.02. The number of aromatic nitrogens is 1. The maximum Gasteiger partial charge on any atom is 0.288 e. The molecule has 6 nitrogen and oxygen atoms in total. The highest BCUT2D eigenvalue weighted by Gasteiger charge is 2.27. The molecule has 0 aliphatic heterocycles. The summed E-state index contributed by atoms with van der Waals surface area (Å²) in [6.07, 6.45) is 0. The third kappa shape index (κ3) is 2.85. The molecule has 118 valence electrons. The van der Waals surface area contributed by atoms with Crippen LogP contribution in [-0.2, 0) is 0 Å². The average molecular weight is 358 g/mol. The van der Waals surface area contributed by atoms with Crippen molar-refractivity contribution in [1.82, 2.24) is 4.98 Å². The van der Waals surface area contributed by atoms with Gasteiger partial charge in [0.05, 0.1) is 21.2 Å². The summed E-state index contributed by atoms with van der Waals surface area (Å²) in [5.74, 6) is -1.67. The van der Waals surface area contributed by atoms with E-state index in [1.54, 1.807) is 6.07 Å². The number of thiazole rings is 1. The van der Waals surface area contributed by atoms with Gasteiger partial charge in [0.15, 0.2) is 11.7 Å². The number of Topliss-reactive ketones (excluding diaryl/α,β-unsaturated/α-hetero) is 1. The summed E-state index contributed by atoms with van der Waals surface area (Å²) in [5, 5.41) is 20.7. The lowest BCUT2D eigenvalue weighted by Gasteiger charge is -2.05. The van der Waals surface area contributed by atoms with E-state index in [0.717, 1.165) is 10.8 Å². The number of para-hydroxylation sites is 1. The Hall–Kier alpha value is -2.82. The molecule has 24 heavy (non-hydrogen) atoms. The third-order valence-corrected chi connectivity index (χ3v) is 4.80. The number of nitriles is 1. The normalized spacial score (nSPS) is 11.8. The van der Waals surface area contributed by atoms with Crippen LogP contribution in [0, 0.1) is 21.4 Å². The number of nitro benzene ring substituents is 1. The largest absolute Gasteiger partial charge is 0.292 e. The molecule has 0 N–H and O–H groups in total. The molecule has 0 radical (unpaired) electrons. The number of fused-ring (bicyclic) bond motifs is 1. The Kier molecular flexibility index (Phi) is 4.25. The second-order valence-corrected chi connectivity index (χ2v) is 6.34. The van der Waals surface area contributed by atoms with Crippen molar-refractivity contribution in [2.75, 3.05) is 0 Å². The number of ketones is 1. The van der Waals surface area contributed by atoms with Gasteiger partial charge in [0.1, 0.15) is 10.0 Å². The van der Waals surface area contributed by atoms with Crippen molar-refractivity contribution in [3.63, 3.8) is 0 Å². The van der Waals surface area contributed by atoms with Crippen LogP contribution in [0.3, 0.4) is 0 Å². The number of rotatable bonds is 4. The molecule has 0 amide bonds. The van der Waals surface area contributed by atoms with Crippen LogP contribution >= 0.6 is 22.9 Å². The first kappa shape index (κ1) is 16.1.